The molecule has 0 saturated carbocycles. The topological polar surface area (TPSA) is 49.3 Å². The fraction of sp³-hybridized carbons (Fsp3) is 0.833. The predicted molar refractivity (Wildman–Crippen MR) is 33.3 cm³/mol. The third-order valence-electron chi connectivity index (χ3n) is 1.77. The summed E-state index contributed by atoms with van der Waals surface area (Å²) in [5.74, 6) is -0.718. The van der Waals surface area contributed by atoms with E-state index in [2.05, 4.69) is 5.32 Å². The zero-order valence-electron chi connectivity index (χ0n) is 5.48. The maximum atomic E-state index is 10.2. The van der Waals surface area contributed by atoms with Crippen LogP contribution in [-0.2, 0) is 4.79 Å². The minimum Gasteiger partial charge on any atom is -0.481 e. The van der Waals surface area contributed by atoms with Gasteiger partial charge in [0.05, 0.1) is 6.42 Å². The van der Waals surface area contributed by atoms with Crippen molar-refractivity contribution in [1.82, 2.24) is 5.32 Å². The van der Waals surface area contributed by atoms with Gasteiger partial charge >= 0.3 is 5.97 Å². The van der Waals surface area contributed by atoms with Crippen LogP contribution in [0.5, 0.6) is 0 Å². The molecule has 1 heterocycles. The Morgan fingerprint density at radius 1 is 1.89 bits per heavy atom. The molecule has 0 aromatic rings. The highest BCUT2D eigenvalue weighted by Gasteiger charge is 2.32. The molecule has 52 valence electrons. The van der Waals surface area contributed by atoms with E-state index in [0.29, 0.717) is 0 Å². The van der Waals surface area contributed by atoms with Crippen LogP contribution >= 0.6 is 0 Å². The smallest absolute Gasteiger partial charge is 0.305 e. The number of nitrogens with one attached hydrogen (secondary N) is 1. The molecule has 3 nitrogen and oxygen atoms in total. The van der Waals surface area contributed by atoms with Crippen LogP contribution in [0.15, 0.2) is 0 Å². The minimum atomic E-state index is -0.718. The standard InChI is InChI=1S/C6H11NO2/c1-6(2-3-7-6)4-5(8)9/h7H,2-4H2,1H3,(H,8,9). The molecule has 0 aromatic heterocycles. The largest absolute Gasteiger partial charge is 0.481 e. The first kappa shape index (κ1) is 6.55. The summed E-state index contributed by atoms with van der Waals surface area (Å²) in [6.07, 6.45) is 1.23. The van der Waals surface area contributed by atoms with E-state index < -0.39 is 5.97 Å². The van der Waals surface area contributed by atoms with Crippen LogP contribution < -0.4 is 5.32 Å². The lowest BCUT2D eigenvalue weighted by molar-refractivity contribution is -0.139. The minimum absolute atomic E-state index is 0.105. The number of carboxylic acids is 1. The highest BCUT2D eigenvalue weighted by molar-refractivity contribution is 5.68. The van der Waals surface area contributed by atoms with Crippen LogP contribution in [0, 0.1) is 0 Å². The monoisotopic (exact) mass is 129 g/mol. The van der Waals surface area contributed by atoms with E-state index in [1.54, 1.807) is 0 Å². The van der Waals surface area contributed by atoms with Gasteiger partial charge in [-0.05, 0) is 19.9 Å². The molecule has 1 fully saturated rings. The van der Waals surface area contributed by atoms with Gasteiger partial charge in [0.2, 0.25) is 0 Å². The van der Waals surface area contributed by atoms with E-state index in [0.717, 1.165) is 13.0 Å². The molecule has 1 unspecified atom stereocenters. The van der Waals surface area contributed by atoms with Gasteiger partial charge in [0.15, 0.2) is 0 Å². The van der Waals surface area contributed by atoms with Gasteiger partial charge in [-0.3, -0.25) is 4.79 Å². The quantitative estimate of drug-likeness (QED) is 0.560. The summed E-state index contributed by atoms with van der Waals surface area (Å²) < 4.78 is 0. The second kappa shape index (κ2) is 1.99. The molecule has 3 heteroatoms. The fourth-order valence-corrected chi connectivity index (χ4v) is 1.04. The summed E-state index contributed by atoms with van der Waals surface area (Å²) in [6.45, 7) is 2.90. The van der Waals surface area contributed by atoms with E-state index in [-0.39, 0.29) is 12.0 Å². The first-order valence-corrected chi connectivity index (χ1v) is 3.09. The Kier molecular flexibility index (Phi) is 1.45. The Labute approximate surface area is 54.1 Å². The molecular formula is C6H11NO2. The zero-order chi connectivity index (χ0) is 6.91. The summed E-state index contributed by atoms with van der Waals surface area (Å²) in [5, 5.41) is 11.4. The number of rotatable bonds is 2. The molecule has 1 rings (SSSR count). The van der Waals surface area contributed by atoms with E-state index in [9.17, 15) is 4.79 Å². The van der Waals surface area contributed by atoms with Crippen LogP contribution in [0.25, 0.3) is 0 Å². The summed E-state index contributed by atoms with van der Waals surface area (Å²) >= 11 is 0. The van der Waals surface area contributed by atoms with Crippen LogP contribution in [0.1, 0.15) is 19.8 Å². The molecule has 0 aliphatic carbocycles. The lowest BCUT2D eigenvalue weighted by Crippen LogP contribution is -2.55. The predicted octanol–water partition coefficient (Wildman–Crippen LogP) is 0.213. The van der Waals surface area contributed by atoms with E-state index >= 15 is 0 Å². The van der Waals surface area contributed by atoms with Crippen molar-refractivity contribution in [2.75, 3.05) is 6.54 Å². The Hall–Kier alpha value is -0.570. The zero-order valence-corrected chi connectivity index (χ0v) is 5.48. The molecule has 1 aliphatic heterocycles. The van der Waals surface area contributed by atoms with Gasteiger partial charge < -0.3 is 10.4 Å². The summed E-state index contributed by atoms with van der Waals surface area (Å²) in [6, 6.07) is 0. The summed E-state index contributed by atoms with van der Waals surface area (Å²) in [4.78, 5) is 10.2. The third-order valence-corrected chi connectivity index (χ3v) is 1.77. The van der Waals surface area contributed by atoms with Gasteiger partial charge in [-0.15, -0.1) is 0 Å². The van der Waals surface area contributed by atoms with Crippen molar-refractivity contribution in [3.8, 4) is 0 Å². The number of carboxylic acid groups (broad SMARTS) is 1. The maximum absolute atomic E-state index is 10.2. The molecule has 1 aliphatic rings. The average Bonchev–Trinajstić information content (AvgIpc) is 1.60. The van der Waals surface area contributed by atoms with Crippen LogP contribution in [0.3, 0.4) is 0 Å². The molecule has 1 atom stereocenters. The molecule has 0 bridgehead atoms. The Morgan fingerprint density at radius 3 is 2.56 bits per heavy atom. The molecule has 9 heavy (non-hydrogen) atoms. The molecule has 1 saturated heterocycles. The Bertz CT molecular complexity index is 129. The van der Waals surface area contributed by atoms with Crippen molar-refractivity contribution in [3.63, 3.8) is 0 Å². The third kappa shape index (κ3) is 1.42. The molecular weight excluding hydrogens is 118 g/mol. The molecule has 0 aromatic carbocycles. The van der Waals surface area contributed by atoms with Gasteiger partial charge in [-0.1, -0.05) is 0 Å². The number of hydrogen-bond donors (Lipinski definition) is 2. The van der Waals surface area contributed by atoms with Crippen molar-refractivity contribution >= 4 is 5.97 Å². The first-order valence-electron chi connectivity index (χ1n) is 3.09. The normalized spacial score (nSPS) is 33.4. The SMILES string of the molecule is CC1(CC(=O)O)CCN1. The summed E-state index contributed by atoms with van der Waals surface area (Å²) in [5.41, 5.74) is -0.105. The van der Waals surface area contributed by atoms with Gasteiger partial charge in [0, 0.05) is 5.54 Å². The van der Waals surface area contributed by atoms with Gasteiger partial charge in [-0.2, -0.15) is 0 Å². The highest BCUT2D eigenvalue weighted by Crippen LogP contribution is 2.21. The molecule has 0 amide bonds. The summed E-state index contributed by atoms with van der Waals surface area (Å²) in [7, 11) is 0. The molecule has 0 radical (unpaired) electrons. The Balaban J connectivity index is 2.33. The van der Waals surface area contributed by atoms with E-state index in [1.807, 2.05) is 6.92 Å². The number of aliphatic carboxylic acids is 1. The van der Waals surface area contributed by atoms with Gasteiger partial charge in [0.1, 0.15) is 0 Å². The van der Waals surface area contributed by atoms with Gasteiger partial charge in [0.25, 0.3) is 0 Å². The van der Waals surface area contributed by atoms with Crippen LogP contribution in [0.2, 0.25) is 0 Å². The maximum Gasteiger partial charge on any atom is 0.305 e. The lowest BCUT2D eigenvalue weighted by Gasteiger charge is -2.38. The van der Waals surface area contributed by atoms with Crippen LogP contribution in [-0.4, -0.2) is 23.2 Å². The average molecular weight is 129 g/mol. The van der Waals surface area contributed by atoms with E-state index in [4.69, 9.17) is 5.11 Å². The second-order valence-electron chi connectivity index (χ2n) is 2.81. The number of carbonyl (C=O) groups is 1. The van der Waals surface area contributed by atoms with Crippen molar-refractivity contribution in [2.24, 2.45) is 0 Å². The lowest BCUT2D eigenvalue weighted by atomic mass is 9.87. The highest BCUT2D eigenvalue weighted by atomic mass is 16.4. The van der Waals surface area contributed by atoms with Crippen molar-refractivity contribution in [3.05, 3.63) is 0 Å². The molecule has 0 spiro atoms. The fourth-order valence-electron chi connectivity index (χ4n) is 1.04. The second-order valence-corrected chi connectivity index (χ2v) is 2.81. The van der Waals surface area contributed by atoms with Crippen molar-refractivity contribution < 1.29 is 9.90 Å². The van der Waals surface area contributed by atoms with E-state index in [1.165, 1.54) is 0 Å². The van der Waals surface area contributed by atoms with Crippen molar-refractivity contribution in [1.29, 1.82) is 0 Å². The van der Waals surface area contributed by atoms with Crippen LogP contribution in [0.4, 0.5) is 0 Å². The van der Waals surface area contributed by atoms with Crippen molar-refractivity contribution in [2.45, 2.75) is 25.3 Å². The Morgan fingerprint density at radius 2 is 2.44 bits per heavy atom. The first-order chi connectivity index (χ1) is 4.12. The molecule has 2 N–H and O–H groups in total. The number of hydrogen-bond acceptors (Lipinski definition) is 2. The van der Waals surface area contributed by atoms with Gasteiger partial charge in [-0.25, -0.2) is 0 Å².